The molecule has 0 radical (unpaired) electrons. The van der Waals surface area contributed by atoms with Crippen LogP contribution in [-0.4, -0.2) is 56.1 Å². The Bertz CT molecular complexity index is 771. The van der Waals surface area contributed by atoms with Crippen molar-refractivity contribution in [3.63, 3.8) is 0 Å². The topological polar surface area (TPSA) is 152 Å². The predicted octanol–water partition coefficient (Wildman–Crippen LogP) is 5.40. The lowest BCUT2D eigenvalue weighted by Crippen LogP contribution is -2.51. The largest absolute Gasteiger partial charge is 0.381 e. The van der Waals surface area contributed by atoms with E-state index in [0.717, 1.165) is 19.3 Å². The highest BCUT2D eigenvalue weighted by Crippen LogP contribution is 2.09. The van der Waals surface area contributed by atoms with E-state index < -0.39 is 12.1 Å². The molecule has 6 N–H and O–H groups in total. The maximum Gasteiger partial charge on any atom is 0.312 e. The second kappa shape index (κ2) is 33.1. The number of benzene rings is 1. The van der Waals surface area contributed by atoms with Gasteiger partial charge in [-0.1, -0.05) is 88.3 Å². The van der Waals surface area contributed by atoms with Crippen LogP contribution in [0.4, 0.5) is 10.5 Å². The van der Waals surface area contributed by atoms with E-state index in [-0.39, 0.29) is 36.6 Å². The Balaban J connectivity index is -0.000000445. The molecule has 1 atom stereocenters. The molecular weight excluding hydrogens is 522 g/mol. The van der Waals surface area contributed by atoms with E-state index in [1.807, 2.05) is 93.5 Å². The molecule has 0 aliphatic heterocycles. The Morgan fingerprint density at radius 3 is 1.78 bits per heavy atom. The molecule has 0 fully saturated rings. The van der Waals surface area contributed by atoms with Gasteiger partial charge >= 0.3 is 6.03 Å². The average molecular weight is 584 g/mol. The number of nitrogens with two attached hydrogens (primary N) is 1. The molecule has 0 aliphatic carbocycles. The molecule has 10 nitrogen and oxygen atoms in total. The molecule has 1 unspecified atom stereocenters. The van der Waals surface area contributed by atoms with Crippen molar-refractivity contribution in [3.05, 3.63) is 29.8 Å². The van der Waals surface area contributed by atoms with Crippen molar-refractivity contribution in [1.29, 1.82) is 0 Å². The van der Waals surface area contributed by atoms with Crippen LogP contribution < -0.4 is 27.0 Å². The monoisotopic (exact) mass is 583 g/mol. The van der Waals surface area contributed by atoms with Crippen LogP contribution in [0.1, 0.15) is 101 Å². The van der Waals surface area contributed by atoms with Crippen molar-refractivity contribution in [2.45, 2.75) is 108 Å². The molecule has 0 saturated carbocycles. The summed E-state index contributed by atoms with van der Waals surface area (Å²) in [6.45, 7) is 23.2. The molecular formula is C31H61N5O5. The Morgan fingerprint density at radius 1 is 0.805 bits per heavy atom. The highest BCUT2D eigenvalue weighted by atomic mass is 16.5. The van der Waals surface area contributed by atoms with Gasteiger partial charge in [0.1, 0.15) is 6.04 Å². The van der Waals surface area contributed by atoms with Crippen LogP contribution in [0, 0.1) is 5.92 Å². The van der Waals surface area contributed by atoms with Gasteiger partial charge in [-0.3, -0.25) is 14.4 Å². The van der Waals surface area contributed by atoms with Crippen LogP contribution >= 0.6 is 0 Å². The number of hydrogen-bond acceptors (Lipinski definition) is 5. The first kappa shape index (κ1) is 44.9. The fourth-order valence-electron chi connectivity index (χ4n) is 2.75. The highest BCUT2D eigenvalue weighted by molar-refractivity contribution is 5.96. The molecule has 41 heavy (non-hydrogen) atoms. The fraction of sp³-hybridized carbons (Fsp3) is 0.677. The van der Waals surface area contributed by atoms with Gasteiger partial charge in [0, 0.05) is 25.3 Å². The van der Waals surface area contributed by atoms with E-state index in [1.54, 1.807) is 0 Å². The van der Waals surface area contributed by atoms with Crippen LogP contribution in [0.15, 0.2) is 24.3 Å². The minimum absolute atomic E-state index is 0.106. The normalized spacial score (nSPS) is 9.85. The number of carbonyl (C=O) groups excluding carboxylic acids is 4. The average Bonchev–Trinajstić information content (AvgIpc) is 2.99. The summed E-state index contributed by atoms with van der Waals surface area (Å²) in [6, 6.07) is 6.41. The minimum Gasteiger partial charge on any atom is -0.381 e. The first-order chi connectivity index (χ1) is 19.6. The van der Waals surface area contributed by atoms with E-state index in [0.29, 0.717) is 25.4 Å². The maximum atomic E-state index is 12.4. The maximum absolute atomic E-state index is 12.4. The summed E-state index contributed by atoms with van der Waals surface area (Å²) in [4.78, 5) is 46.3. The zero-order valence-electron chi connectivity index (χ0n) is 27.7. The summed E-state index contributed by atoms with van der Waals surface area (Å²) in [7, 11) is 0. The molecule has 0 aliphatic rings. The number of primary amides is 1. The van der Waals surface area contributed by atoms with Crippen molar-refractivity contribution in [3.8, 4) is 0 Å². The van der Waals surface area contributed by atoms with Gasteiger partial charge < -0.3 is 31.7 Å². The zero-order valence-corrected chi connectivity index (χ0v) is 27.7. The quantitative estimate of drug-likeness (QED) is 0.186. The van der Waals surface area contributed by atoms with Crippen LogP contribution in [0.25, 0.3) is 0 Å². The number of anilines is 1. The Labute approximate surface area is 250 Å². The number of amides is 5. The van der Waals surface area contributed by atoms with Crippen molar-refractivity contribution in [2.24, 2.45) is 11.7 Å². The first-order valence-electron chi connectivity index (χ1n) is 15.2. The lowest BCUT2D eigenvalue weighted by Gasteiger charge is -2.21. The van der Waals surface area contributed by atoms with Crippen molar-refractivity contribution in [2.75, 3.05) is 31.6 Å². The smallest absolute Gasteiger partial charge is 0.312 e. The van der Waals surface area contributed by atoms with Gasteiger partial charge in [-0.15, -0.1) is 0 Å². The van der Waals surface area contributed by atoms with Gasteiger partial charge in [0.2, 0.25) is 17.7 Å². The van der Waals surface area contributed by atoms with E-state index in [2.05, 4.69) is 28.2 Å². The third kappa shape index (κ3) is 28.2. The van der Waals surface area contributed by atoms with E-state index in [9.17, 15) is 19.2 Å². The van der Waals surface area contributed by atoms with Gasteiger partial charge in [0.05, 0.1) is 13.2 Å². The zero-order chi connectivity index (χ0) is 32.6. The summed E-state index contributed by atoms with van der Waals surface area (Å²) in [5, 5.41) is 10.5. The standard InChI is InChI=1S/C21H33N3O4.C4H10N2O.3C2H6/c1-5-12-28-13-11-18(25)24-20(15(3)4)21(27)22-14-19(26)23-17-9-7-16(6-2)8-10-17;1-2-3-6-4(5)7;3*1-2/h7-10,15,20H,5-6,11-14H2,1-4H3,(H,22,27)(H,23,26)(H,24,25);2-3H2,1H3,(H3,5,6,7);3*1-2H3. The molecule has 240 valence electrons. The first-order valence-corrected chi connectivity index (χ1v) is 15.2. The summed E-state index contributed by atoms with van der Waals surface area (Å²) in [5.74, 6) is -1.05. The van der Waals surface area contributed by atoms with Crippen LogP contribution in [-0.2, 0) is 25.5 Å². The third-order valence-corrected chi connectivity index (χ3v) is 4.71. The fourth-order valence-corrected chi connectivity index (χ4v) is 2.75. The number of ether oxygens (including phenoxy) is 1. The van der Waals surface area contributed by atoms with Crippen molar-refractivity contribution < 1.29 is 23.9 Å². The second-order valence-corrected chi connectivity index (χ2v) is 8.26. The van der Waals surface area contributed by atoms with Gasteiger partial charge in [0.25, 0.3) is 0 Å². The molecule has 0 saturated heterocycles. The van der Waals surface area contributed by atoms with Crippen LogP contribution in [0.5, 0.6) is 0 Å². The Morgan fingerprint density at radius 2 is 1.37 bits per heavy atom. The van der Waals surface area contributed by atoms with Gasteiger partial charge in [-0.05, 0) is 42.9 Å². The molecule has 1 rings (SSSR count). The highest BCUT2D eigenvalue weighted by Gasteiger charge is 2.24. The summed E-state index contributed by atoms with van der Waals surface area (Å²) < 4.78 is 5.29. The molecule has 1 aromatic rings. The predicted molar refractivity (Wildman–Crippen MR) is 172 cm³/mol. The number of aryl methyl sites for hydroxylation is 1. The number of rotatable bonds is 14. The number of urea groups is 1. The van der Waals surface area contributed by atoms with Gasteiger partial charge in [-0.25, -0.2) is 4.79 Å². The summed E-state index contributed by atoms with van der Waals surface area (Å²) >= 11 is 0. The molecule has 0 bridgehead atoms. The Kier molecular flexibility index (Phi) is 36.2. The molecule has 1 aromatic carbocycles. The number of nitrogens with one attached hydrogen (secondary N) is 4. The molecule has 0 heterocycles. The SMILES string of the molecule is CC.CC.CC.CCCNC(N)=O.CCCOCCC(=O)NC(C(=O)NCC(=O)Nc1ccc(CC)cc1)C(C)C. The number of hydrogen-bond donors (Lipinski definition) is 5. The third-order valence-electron chi connectivity index (χ3n) is 4.71. The minimum atomic E-state index is -0.699. The lowest BCUT2D eigenvalue weighted by atomic mass is 10.0. The lowest BCUT2D eigenvalue weighted by molar-refractivity contribution is -0.131. The van der Waals surface area contributed by atoms with Crippen LogP contribution in [0.3, 0.4) is 0 Å². The summed E-state index contributed by atoms with van der Waals surface area (Å²) in [5.41, 5.74) is 6.59. The van der Waals surface area contributed by atoms with E-state index in [4.69, 9.17) is 10.5 Å². The van der Waals surface area contributed by atoms with Crippen molar-refractivity contribution >= 4 is 29.4 Å². The second-order valence-electron chi connectivity index (χ2n) is 8.26. The molecule has 0 spiro atoms. The number of carbonyl (C=O) groups is 4. The van der Waals surface area contributed by atoms with Gasteiger partial charge in [0.15, 0.2) is 0 Å². The van der Waals surface area contributed by atoms with Crippen LogP contribution in [0.2, 0.25) is 0 Å². The summed E-state index contributed by atoms with van der Waals surface area (Å²) in [6.07, 6.45) is 2.95. The van der Waals surface area contributed by atoms with Gasteiger partial charge in [-0.2, -0.15) is 0 Å². The molecule has 5 amide bonds. The molecule has 10 heteroatoms. The van der Waals surface area contributed by atoms with Crippen molar-refractivity contribution in [1.82, 2.24) is 16.0 Å². The molecule has 0 aromatic heterocycles. The van der Waals surface area contributed by atoms with E-state index in [1.165, 1.54) is 5.56 Å². The Hall–Kier alpha value is -3.14. The van der Waals surface area contributed by atoms with E-state index >= 15 is 0 Å².